The molecule has 15 heteroatoms. The van der Waals surface area contributed by atoms with E-state index < -0.39 is 11.7 Å². The summed E-state index contributed by atoms with van der Waals surface area (Å²) < 4.78 is 41.7. The van der Waals surface area contributed by atoms with Crippen molar-refractivity contribution in [1.29, 1.82) is 0 Å². The lowest BCUT2D eigenvalue weighted by molar-refractivity contribution is -0.890. The topological polar surface area (TPSA) is 66.4 Å². The molecule has 0 aliphatic carbocycles. The summed E-state index contributed by atoms with van der Waals surface area (Å²) in [5.74, 6) is -0.462. The van der Waals surface area contributed by atoms with Crippen LogP contribution in [0.15, 0.2) is 108 Å². The largest absolute Gasteiger partial charge is 1.00 e. The summed E-state index contributed by atoms with van der Waals surface area (Å²) >= 11 is 15.0. The van der Waals surface area contributed by atoms with Gasteiger partial charge in [0.2, 0.25) is 11.8 Å². The quantitative estimate of drug-likeness (QED) is 0.0808. The smallest absolute Gasteiger partial charge is 0.416 e. The van der Waals surface area contributed by atoms with Gasteiger partial charge in [0, 0.05) is 57.6 Å². The number of nitrogens with zero attached hydrogens (tertiary/aromatic N) is 5. The van der Waals surface area contributed by atoms with Crippen molar-refractivity contribution in [2.24, 2.45) is 0 Å². The Balaban J connectivity index is 0.00000620. The number of amides is 2. The summed E-state index contributed by atoms with van der Waals surface area (Å²) in [5.41, 5.74) is 3.86. The Kier molecular flexibility index (Phi) is 15.0. The number of aromatic nitrogens is 2. The Morgan fingerprint density at radius 1 is 0.684 bits per heavy atom. The van der Waals surface area contributed by atoms with Crippen LogP contribution in [0.1, 0.15) is 36.8 Å². The van der Waals surface area contributed by atoms with E-state index in [4.69, 9.17) is 28.2 Å². The van der Waals surface area contributed by atoms with Gasteiger partial charge < -0.3 is 28.5 Å². The maximum Gasteiger partial charge on any atom is 0.416 e. The van der Waals surface area contributed by atoms with Crippen LogP contribution in [-0.2, 0) is 15.8 Å². The Morgan fingerprint density at radius 3 is 1.60 bits per heavy atom. The van der Waals surface area contributed by atoms with Crippen molar-refractivity contribution < 1.29 is 51.2 Å². The lowest BCUT2D eigenvalue weighted by atomic mass is 10.1. The maximum absolute atomic E-state index is 13.9. The molecule has 0 spiro atoms. The standard InChI is InChI=1S/C42H39Cl2F3N5O2S2.HI/c1-28-10-4-16-34(22-28)50(40-48-36(26-55-40)29-11-5-14-32(43)23-29)38(53)18-8-20-52(2,3)21-9-19-39(54)51(35-17-7-13-31(25-35)42(45,46)47)41-49-37(27-56-41)30-12-6-15-33(44)24-30;/h4-7,10-17,22-27H,8-9,18-21H2,1-3H3;1H/q+1;/p-1. The molecule has 57 heavy (non-hydrogen) atoms. The summed E-state index contributed by atoms with van der Waals surface area (Å²) in [7, 11) is 4.07. The molecule has 0 bridgehead atoms. The minimum Gasteiger partial charge on any atom is -1.00 e. The molecule has 0 fully saturated rings. The average molecular weight is 965 g/mol. The molecule has 0 aliphatic heterocycles. The number of carbonyl (C=O) groups excluding carboxylic acids is 2. The Morgan fingerprint density at radius 2 is 1.14 bits per heavy atom. The summed E-state index contributed by atoms with van der Waals surface area (Å²) in [6.45, 7) is 3.23. The third-order valence-electron chi connectivity index (χ3n) is 9.11. The zero-order chi connectivity index (χ0) is 40.0. The fourth-order valence-electron chi connectivity index (χ4n) is 6.26. The second-order valence-electron chi connectivity index (χ2n) is 14.0. The SMILES string of the molecule is Cc1cccc(N(C(=O)CCC[N+](C)(C)CCCC(=O)N(c2cccc(C(F)(F)F)c2)c2nc(-c3cccc(Cl)c3)cs2)c2nc(-c3cccc(Cl)c3)cs2)c1.[I-]. The molecule has 6 aromatic rings. The van der Waals surface area contributed by atoms with E-state index in [1.807, 2.05) is 74.9 Å². The van der Waals surface area contributed by atoms with E-state index in [2.05, 4.69) is 4.98 Å². The molecule has 0 N–H and O–H groups in total. The van der Waals surface area contributed by atoms with Crippen LogP contribution in [0.4, 0.5) is 34.8 Å². The van der Waals surface area contributed by atoms with Crippen LogP contribution in [0.25, 0.3) is 22.5 Å². The molecule has 0 saturated heterocycles. The lowest BCUT2D eigenvalue weighted by Crippen LogP contribution is -3.00. The molecule has 4 aromatic carbocycles. The number of thiazole rings is 2. The minimum absolute atomic E-state index is 0. The molecule has 0 atom stereocenters. The second-order valence-corrected chi connectivity index (χ2v) is 16.5. The van der Waals surface area contributed by atoms with E-state index in [0.29, 0.717) is 51.3 Å². The Bertz CT molecular complexity index is 2330. The van der Waals surface area contributed by atoms with Gasteiger partial charge >= 0.3 is 6.18 Å². The summed E-state index contributed by atoms with van der Waals surface area (Å²) in [6.07, 6.45) is -3.20. The first-order valence-corrected chi connectivity index (χ1v) is 20.3. The van der Waals surface area contributed by atoms with Crippen molar-refractivity contribution in [1.82, 2.24) is 9.97 Å². The van der Waals surface area contributed by atoms with E-state index in [1.165, 1.54) is 39.7 Å². The molecule has 0 aliphatic rings. The number of benzene rings is 4. The van der Waals surface area contributed by atoms with Gasteiger partial charge in [-0.3, -0.25) is 19.4 Å². The second kappa shape index (κ2) is 19.3. The first-order chi connectivity index (χ1) is 26.7. The predicted octanol–water partition coefficient (Wildman–Crippen LogP) is 9.24. The molecule has 298 valence electrons. The zero-order valence-corrected chi connectivity index (χ0v) is 36.6. The van der Waals surface area contributed by atoms with Gasteiger partial charge in [0.05, 0.1) is 55.5 Å². The van der Waals surface area contributed by atoms with E-state index >= 15 is 0 Å². The van der Waals surface area contributed by atoms with Crippen LogP contribution in [0, 0.1) is 6.92 Å². The van der Waals surface area contributed by atoms with Crippen LogP contribution < -0.4 is 33.8 Å². The van der Waals surface area contributed by atoms with Crippen molar-refractivity contribution in [2.45, 2.75) is 38.8 Å². The van der Waals surface area contributed by atoms with Crippen molar-refractivity contribution in [2.75, 3.05) is 37.0 Å². The minimum atomic E-state index is -4.58. The molecule has 7 nitrogen and oxygen atoms in total. The fraction of sp³-hybridized carbons (Fsp3) is 0.238. The van der Waals surface area contributed by atoms with Gasteiger partial charge in [-0.1, -0.05) is 65.7 Å². The third-order valence-corrected chi connectivity index (χ3v) is 11.2. The van der Waals surface area contributed by atoms with E-state index in [0.717, 1.165) is 40.2 Å². The molecule has 2 heterocycles. The van der Waals surface area contributed by atoms with Crippen LogP contribution >= 0.6 is 45.9 Å². The van der Waals surface area contributed by atoms with Crippen LogP contribution in [-0.4, -0.2) is 53.5 Å². The van der Waals surface area contributed by atoms with Gasteiger partial charge in [-0.2, -0.15) is 13.2 Å². The highest BCUT2D eigenvalue weighted by atomic mass is 127. The first-order valence-electron chi connectivity index (χ1n) is 17.8. The van der Waals surface area contributed by atoms with Gasteiger partial charge in [-0.05, 0) is 67.1 Å². The van der Waals surface area contributed by atoms with Gasteiger partial charge in [0.1, 0.15) is 0 Å². The number of alkyl halides is 3. The average Bonchev–Trinajstić information content (AvgIpc) is 3.83. The molecule has 6 rings (SSSR count). The normalized spacial score (nSPS) is 11.6. The lowest BCUT2D eigenvalue weighted by Gasteiger charge is -2.30. The number of quaternary nitrogens is 1. The number of hydrogen-bond acceptors (Lipinski definition) is 6. The van der Waals surface area contributed by atoms with Gasteiger partial charge in [0.15, 0.2) is 10.3 Å². The summed E-state index contributed by atoms with van der Waals surface area (Å²) in [5, 5.41) is 5.61. The van der Waals surface area contributed by atoms with Crippen molar-refractivity contribution in [3.8, 4) is 22.5 Å². The summed E-state index contributed by atoms with van der Waals surface area (Å²) in [6, 6.07) is 27.0. The highest BCUT2D eigenvalue weighted by molar-refractivity contribution is 7.14. The third kappa shape index (κ3) is 11.6. The molecular weight excluding hydrogens is 925 g/mol. The van der Waals surface area contributed by atoms with Crippen LogP contribution in [0.2, 0.25) is 10.0 Å². The molecule has 0 saturated carbocycles. The fourth-order valence-corrected chi connectivity index (χ4v) is 8.38. The number of aryl methyl sites for hydroxylation is 1. The Labute approximate surface area is 365 Å². The van der Waals surface area contributed by atoms with Crippen molar-refractivity contribution in [3.05, 3.63) is 129 Å². The number of anilines is 4. The van der Waals surface area contributed by atoms with Crippen molar-refractivity contribution >= 4 is 79.3 Å². The van der Waals surface area contributed by atoms with Gasteiger partial charge in [0.25, 0.3) is 0 Å². The van der Waals surface area contributed by atoms with Crippen molar-refractivity contribution in [3.63, 3.8) is 0 Å². The monoisotopic (exact) mass is 963 g/mol. The predicted molar refractivity (Wildman–Crippen MR) is 222 cm³/mol. The summed E-state index contributed by atoms with van der Waals surface area (Å²) in [4.78, 5) is 40.2. The van der Waals surface area contributed by atoms with E-state index in [9.17, 15) is 22.8 Å². The number of halogens is 6. The van der Waals surface area contributed by atoms with E-state index in [-0.39, 0.29) is 59.5 Å². The highest BCUT2D eigenvalue weighted by Crippen LogP contribution is 2.38. The number of rotatable bonds is 14. The van der Waals surface area contributed by atoms with Crippen LogP contribution in [0.3, 0.4) is 0 Å². The Hall–Kier alpha value is -3.86. The first kappa shape index (κ1) is 44.2. The molecule has 0 radical (unpaired) electrons. The van der Waals surface area contributed by atoms with Gasteiger partial charge in [-0.15, -0.1) is 22.7 Å². The molecule has 2 aromatic heterocycles. The zero-order valence-electron chi connectivity index (χ0n) is 31.3. The maximum atomic E-state index is 13.9. The molecule has 2 amide bonds. The number of carbonyl (C=O) groups is 2. The molecular formula is C42H39Cl2F3IN5O2S2. The molecule has 0 unspecified atom stereocenters. The van der Waals surface area contributed by atoms with Gasteiger partial charge in [-0.25, -0.2) is 9.97 Å². The number of hydrogen-bond donors (Lipinski definition) is 0. The van der Waals surface area contributed by atoms with Crippen LogP contribution in [0.5, 0.6) is 0 Å². The van der Waals surface area contributed by atoms with E-state index in [1.54, 1.807) is 34.5 Å². The highest BCUT2D eigenvalue weighted by Gasteiger charge is 2.32.